The number of carbonyl (C=O) groups is 1. The Morgan fingerprint density at radius 2 is 1.71 bits per heavy atom. The first kappa shape index (κ1) is 17.6. The standard InChI is InChI=1S/C20H17N5O3/c26-18(24-25-12-21-15-8-3-2-7-14(15)20(25)28)11-5-10-17-22-16-9-4-1-6-13(16)19(27)23-17/h1-4,6-9,12H,5,10-11H2,(H,24,26)(H,22,23,27). The third-order valence-electron chi connectivity index (χ3n) is 4.39. The number of hydrogen-bond acceptors (Lipinski definition) is 5. The lowest BCUT2D eigenvalue weighted by Gasteiger charge is -2.08. The van der Waals surface area contributed by atoms with Crippen molar-refractivity contribution in [1.82, 2.24) is 19.6 Å². The van der Waals surface area contributed by atoms with Crippen molar-refractivity contribution in [3.05, 3.63) is 81.4 Å². The number of aryl methyl sites for hydroxylation is 1. The van der Waals surface area contributed by atoms with Crippen LogP contribution in [0.5, 0.6) is 0 Å². The SMILES string of the molecule is O=C(CCCc1nc2ccccc2c(=O)[nH]1)Nn1cnc2ccccc2c1=O. The molecule has 4 aromatic rings. The van der Waals surface area contributed by atoms with Crippen LogP contribution < -0.4 is 16.5 Å². The van der Waals surface area contributed by atoms with Gasteiger partial charge >= 0.3 is 0 Å². The molecule has 1 amide bonds. The summed E-state index contributed by atoms with van der Waals surface area (Å²) >= 11 is 0. The van der Waals surface area contributed by atoms with Crippen LogP contribution in [-0.4, -0.2) is 25.5 Å². The number of rotatable bonds is 5. The van der Waals surface area contributed by atoms with Gasteiger partial charge in [0.15, 0.2) is 0 Å². The number of nitrogens with zero attached hydrogens (tertiary/aromatic N) is 3. The number of fused-ring (bicyclic) bond motifs is 2. The van der Waals surface area contributed by atoms with Crippen molar-refractivity contribution in [2.45, 2.75) is 19.3 Å². The highest BCUT2D eigenvalue weighted by atomic mass is 16.2. The van der Waals surface area contributed by atoms with Gasteiger partial charge in [0.1, 0.15) is 12.2 Å². The van der Waals surface area contributed by atoms with Gasteiger partial charge in [-0.15, -0.1) is 0 Å². The van der Waals surface area contributed by atoms with Crippen molar-refractivity contribution in [2.24, 2.45) is 0 Å². The number of para-hydroxylation sites is 2. The lowest BCUT2D eigenvalue weighted by atomic mass is 10.2. The minimum Gasteiger partial charge on any atom is -0.310 e. The highest BCUT2D eigenvalue weighted by molar-refractivity contribution is 5.84. The highest BCUT2D eigenvalue weighted by Gasteiger charge is 2.08. The van der Waals surface area contributed by atoms with E-state index in [2.05, 4.69) is 20.4 Å². The van der Waals surface area contributed by atoms with Crippen LogP contribution in [0, 0.1) is 0 Å². The van der Waals surface area contributed by atoms with Crippen LogP contribution in [0.1, 0.15) is 18.7 Å². The quantitative estimate of drug-likeness (QED) is 0.552. The third kappa shape index (κ3) is 3.52. The minimum absolute atomic E-state index is 0.176. The Labute approximate surface area is 158 Å². The summed E-state index contributed by atoms with van der Waals surface area (Å²) in [7, 11) is 0. The second-order valence-electron chi connectivity index (χ2n) is 6.36. The third-order valence-corrected chi connectivity index (χ3v) is 4.39. The molecule has 2 heterocycles. The van der Waals surface area contributed by atoms with Gasteiger partial charge in [0.2, 0.25) is 5.91 Å². The molecule has 0 unspecified atom stereocenters. The molecule has 0 spiro atoms. The van der Waals surface area contributed by atoms with Crippen LogP contribution in [-0.2, 0) is 11.2 Å². The lowest BCUT2D eigenvalue weighted by Crippen LogP contribution is -2.33. The van der Waals surface area contributed by atoms with E-state index in [1.807, 2.05) is 6.07 Å². The molecule has 2 N–H and O–H groups in total. The molecule has 4 rings (SSSR count). The van der Waals surface area contributed by atoms with Crippen molar-refractivity contribution < 1.29 is 4.79 Å². The fourth-order valence-corrected chi connectivity index (χ4v) is 3.01. The molecule has 8 heteroatoms. The summed E-state index contributed by atoms with van der Waals surface area (Å²) in [4.78, 5) is 47.9. The summed E-state index contributed by atoms with van der Waals surface area (Å²) in [6.07, 6.45) is 2.39. The maximum absolute atomic E-state index is 12.4. The van der Waals surface area contributed by atoms with Gasteiger partial charge in [-0.25, -0.2) is 14.6 Å². The highest BCUT2D eigenvalue weighted by Crippen LogP contribution is 2.07. The number of aromatic nitrogens is 4. The first-order chi connectivity index (χ1) is 13.6. The number of aromatic amines is 1. The molecule has 140 valence electrons. The average molecular weight is 375 g/mol. The van der Waals surface area contributed by atoms with E-state index >= 15 is 0 Å². The minimum atomic E-state index is -0.334. The van der Waals surface area contributed by atoms with Gasteiger partial charge in [-0.1, -0.05) is 24.3 Å². The molecular weight excluding hydrogens is 358 g/mol. The summed E-state index contributed by atoms with van der Waals surface area (Å²) < 4.78 is 1.08. The number of nitrogens with one attached hydrogen (secondary N) is 2. The Morgan fingerprint density at radius 3 is 2.54 bits per heavy atom. The Balaban J connectivity index is 1.41. The van der Waals surface area contributed by atoms with Gasteiger partial charge in [0.25, 0.3) is 11.1 Å². The molecule has 8 nitrogen and oxygen atoms in total. The van der Waals surface area contributed by atoms with Crippen molar-refractivity contribution in [2.75, 3.05) is 5.43 Å². The Kier molecular flexibility index (Phi) is 4.67. The molecule has 0 fully saturated rings. The summed E-state index contributed by atoms with van der Waals surface area (Å²) in [6.45, 7) is 0. The van der Waals surface area contributed by atoms with Crippen molar-refractivity contribution in [3.8, 4) is 0 Å². The molecule has 0 atom stereocenters. The van der Waals surface area contributed by atoms with E-state index in [-0.39, 0.29) is 23.4 Å². The molecule has 0 bridgehead atoms. The predicted octanol–water partition coefficient (Wildman–Crippen LogP) is 1.73. The van der Waals surface area contributed by atoms with Gasteiger partial charge in [-0.3, -0.25) is 19.8 Å². The maximum Gasteiger partial charge on any atom is 0.280 e. The molecule has 0 saturated heterocycles. The molecule has 0 radical (unpaired) electrons. The molecule has 2 aromatic heterocycles. The van der Waals surface area contributed by atoms with Gasteiger partial charge in [0, 0.05) is 12.8 Å². The first-order valence-electron chi connectivity index (χ1n) is 8.86. The normalized spacial score (nSPS) is 11.0. The topological polar surface area (TPSA) is 110 Å². The van der Waals surface area contributed by atoms with E-state index in [0.717, 1.165) is 4.68 Å². The van der Waals surface area contributed by atoms with Crippen LogP contribution in [0.3, 0.4) is 0 Å². The van der Waals surface area contributed by atoms with Crippen LogP contribution >= 0.6 is 0 Å². The zero-order valence-corrected chi connectivity index (χ0v) is 14.9. The van der Waals surface area contributed by atoms with Crippen LogP contribution in [0.15, 0.2) is 64.4 Å². The zero-order valence-electron chi connectivity index (χ0n) is 14.9. The van der Waals surface area contributed by atoms with Crippen molar-refractivity contribution in [3.63, 3.8) is 0 Å². The number of benzene rings is 2. The summed E-state index contributed by atoms with van der Waals surface area (Å²) in [5, 5.41) is 0.968. The van der Waals surface area contributed by atoms with E-state index in [1.165, 1.54) is 6.33 Å². The second-order valence-corrected chi connectivity index (χ2v) is 6.36. The monoisotopic (exact) mass is 375 g/mol. The molecule has 2 aromatic carbocycles. The van der Waals surface area contributed by atoms with Crippen molar-refractivity contribution in [1.29, 1.82) is 0 Å². The molecule has 0 aliphatic heterocycles. The van der Waals surface area contributed by atoms with E-state index in [9.17, 15) is 14.4 Å². The maximum atomic E-state index is 12.4. The summed E-state index contributed by atoms with van der Waals surface area (Å²) in [5.41, 5.74) is 3.21. The molecule has 28 heavy (non-hydrogen) atoms. The molecule has 0 aliphatic rings. The predicted molar refractivity (Wildman–Crippen MR) is 106 cm³/mol. The molecular formula is C20H17N5O3. The van der Waals surface area contributed by atoms with Gasteiger partial charge in [-0.2, -0.15) is 0 Å². The Bertz CT molecular complexity index is 1290. The number of amides is 1. The second kappa shape index (κ2) is 7.43. The van der Waals surface area contributed by atoms with Crippen molar-refractivity contribution >= 4 is 27.7 Å². The van der Waals surface area contributed by atoms with Crippen LogP contribution in [0.25, 0.3) is 21.8 Å². The first-order valence-corrected chi connectivity index (χ1v) is 8.86. The number of H-pyrrole nitrogens is 1. The van der Waals surface area contributed by atoms with Crippen LogP contribution in [0.4, 0.5) is 0 Å². The van der Waals surface area contributed by atoms with Crippen LogP contribution in [0.2, 0.25) is 0 Å². The fraction of sp³-hybridized carbons (Fsp3) is 0.150. The smallest absolute Gasteiger partial charge is 0.280 e. The molecule has 0 aliphatic carbocycles. The number of hydrogen-bond donors (Lipinski definition) is 2. The average Bonchev–Trinajstić information content (AvgIpc) is 2.70. The van der Waals surface area contributed by atoms with Gasteiger partial charge in [-0.05, 0) is 30.7 Å². The van der Waals surface area contributed by atoms with Gasteiger partial charge in [0.05, 0.1) is 21.8 Å². The molecule has 0 saturated carbocycles. The van der Waals surface area contributed by atoms with E-state index in [4.69, 9.17) is 0 Å². The zero-order chi connectivity index (χ0) is 19.5. The Hall–Kier alpha value is -3.81. The lowest BCUT2D eigenvalue weighted by molar-refractivity contribution is -0.117. The number of carbonyl (C=O) groups excluding carboxylic acids is 1. The van der Waals surface area contributed by atoms with E-state index in [0.29, 0.717) is 40.5 Å². The van der Waals surface area contributed by atoms with E-state index < -0.39 is 0 Å². The Morgan fingerprint density at radius 1 is 1.00 bits per heavy atom. The van der Waals surface area contributed by atoms with Gasteiger partial charge < -0.3 is 4.98 Å². The summed E-state index contributed by atoms with van der Waals surface area (Å²) in [5.74, 6) is 0.211. The summed E-state index contributed by atoms with van der Waals surface area (Å²) in [6, 6.07) is 14.0. The fourth-order valence-electron chi connectivity index (χ4n) is 3.01. The largest absolute Gasteiger partial charge is 0.310 e. The van der Waals surface area contributed by atoms with E-state index in [1.54, 1.807) is 42.5 Å².